The van der Waals surface area contributed by atoms with Gasteiger partial charge in [0.2, 0.25) is 5.91 Å². The van der Waals surface area contributed by atoms with Crippen molar-refractivity contribution in [2.75, 3.05) is 13.2 Å². The molecule has 1 amide bonds. The molecule has 0 saturated carbocycles. The minimum absolute atomic E-state index is 0.0262. The average Bonchev–Trinajstić information content (AvgIpc) is 2.76. The van der Waals surface area contributed by atoms with Crippen LogP contribution in [-0.2, 0) is 17.6 Å². The second kappa shape index (κ2) is 5.69. The molecular formula is C13H15BrFNO2. The molecule has 1 aliphatic heterocycles. The molecule has 0 atom stereocenters. The van der Waals surface area contributed by atoms with Gasteiger partial charge in [-0.15, -0.1) is 0 Å². The largest absolute Gasteiger partial charge is 0.490 e. The zero-order valence-corrected chi connectivity index (χ0v) is 11.8. The van der Waals surface area contributed by atoms with Gasteiger partial charge >= 0.3 is 0 Å². The van der Waals surface area contributed by atoms with Crippen LogP contribution in [-0.4, -0.2) is 19.1 Å². The van der Waals surface area contributed by atoms with Gasteiger partial charge in [-0.25, -0.2) is 4.39 Å². The van der Waals surface area contributed by atoms with E-state index in [0.29, 0.717) is 18.9 Å². The van der Waals surface area contributed by atoms with Gasteiger partial charge in [0.15, 0.2) is 11.6 Å². The Balaban J connectivity index is 2.08. The highest BCUT2D eigenvalue weighted by Gasteiger charge is 2.22. The lowest BCUT2D eigenvalue weighted by Crippen LogP contribution is -2.21. The van der Waals surface area contributed by atoms with Crippen molar-refractivity contribution in [1.29, 1.82) is 0 Å². The standard InChI is InChI=1S/C13H15BrFNO2/c1-8(17)16-5-2-3-9-10-4-6-18-13(10)12(15)7-11(9)14/h7H,2-6H2,1H3,(H,16,17). The maximum Gasteiger partial charge on any atom is 0.216 e. The number of hydrogen-bond acceptors (Lipinski definition) is 2. The minimum atomic E-state index is -0.306. The monoisotopic (exact) mass is 315 g/mol. The summed E-state index contributed by atoms with van der Waals surface area (Å²) in [5, 5.41) is 2.75. The number of rotatable bonds is 4. The number of amides is 1. The third-order valence-corrected chi connectivity index (χ3v) is 3.68. The fourth-order valence-electron chi connectivity index (χ4n) is 2.16. The Bertz CT molecular complexity index is 477. The first-order valence-corrected chi connectivity index (χ1v) is 6.76. The Morgan fingerprint density at radius 1 is 1.61 bits per heavy atom. The van der Waals surface area contributed by atoms with Crippen LogP contribution in [0.5, 0.6) is 5.75 Å². The van der Waals surface area contributed by atoms with Crippen molar-refractivity contribution in [2.45, 2.75) is 26.2 Å². The molecule has 1 aromatic rings. The number of carbonyl (C=O) groups is 1. The van der Waals surface area contributed by atoms with Gasteiger partial charge in [0.1, 0.15) is 0 Å². The van der Waals surface area contributed by atoms with Gasteiger partial charge in [0.05, 0.1) is 6.61 Å². The van der Waals surface area contributed by atoms with Crippen LogP contribution < -0.4 is 10.1 Å². The Kier molecular flexibility index (Phi) is 4.22. The summed E-state index contributed by atoms with van der Waals surface area (Å²) in [6.07, 6.45) is 2.38. The van der Waals surface area contributed by atoms with E-state index >= 15 is 0 Å². The summed E-state index contributed by atoms with van der Waals surface area (Å²) in [5.74, 6) is 0.0643. The van der Waals surface area contributed by atoms with E-state index in [1.807, 2.05) is 0 Å². The van der Waals surface area contributed by atoms with Crippen LogP contribution in [0.2, 0.25) is 0 Å². The van der Waals surface area contributed by atoms with Crippen LogP contribution in [0.15, 0.2) is 10.5 Å². The van der Waals surface area contributed by atoms with Gasteiger partial charge in [0.25, 0.3) is 0 Å². The van der Waals surface area contributed by atoms with Crippen molar-refractivity contribution in [3.05, 3.63) is 27.5 Å². The number of benzene rings is 1. The topological polar surface area (TPSA) is 38.3 Å². The molecule has 98 valence electrons. The maximum absolute atomic E-state index is 13.6. The highest BCUT2D eigenvalue weighted by atomic mass is 79.9. The first kappa shape index (κ1) is 13.3. The number of fused-ring (bicyclic) bond motifs is 1. The molecule has 0 spiro atoms. The summed E-state index contributed by atoms with van der Waals surface area (Å²) in [5.41, 5.74) is 2.05. The first-order chi connectivity index (χ1) is 8.59. The fraction of sp³-hybridized carbons (Fsp3) is 0.462. The molecular weight excluding hydrogens is 301 g/mol. The molecule has 3 nitrogen and oxygen atoms in total. The number of halogens is 2. The maximum atomic E-state index is 13.6. The van der Waals surface area contributed by atoms with Crippen LogP contribution >= 0.6 is 15.9 Å². The number of ether oxygens (including phenoxy) is 1. The van der Waals surface area contributed by atoms with Crippen LogP contribution in [0.3, 0.4) is 0 Å². The third-order valence-electron chi connectivity index (χ3n) is 2.97. The molecule has 1 aliphatic rings. The Morgan fingerprint density at radius 2 is 2.39 bits per heavy atom. The van der Waals surface area contributed by atoms with Crippen LogP contribution in [0.25, 0.3) is 0 Å². The molecule has 18 heavy (non-hydrogen) atoms. The Hall–Kier alpha value is -1.10. The lowest BCUT2D eigenvalue weighted by Gasteiger charge is -2.11. The number of hydrogen-bond donors (Lipinski definition) is 1. The third kappa shape index (κ3) is 2.83. The predicted octanol–water partition coefficient (Wildman–Crippen LogP) is 2.59. The molecule has 0 fully saturated rings. The highest BCUT2D eigenvalue weighted by Crippen LogP contribution is 2.36. The normalized spacial score (nSPS) is 13.1. The van der Waals surface area contributed by atoms with Crippen LogP contribution in [0, 0.1) is 5.82 Å². The van der Waals surface area contributed by atoms with E-state index < -0.39 is 0 Å². The van der Waals surface area contributed by atoms with Gasteiger partial charge in [0, 0.05) is 29.9 Å². The molecule has 0 radical (unpaired) electrons. The van der Waals surface area contributed by atoms with Crippen molar-refractivity contribution < 1.29 is 13.9 Å². The summed E-state index contributed by atoms with van der Waals surface area (Å²) < 4.78 is 19.7. The van der Waals surface area contributed by atoms with E-state index in [1.165, 1.54) is 13.0 Å². The fourth-order valence-corrected chi connectivity index (χ4v) is 2.80. The molecule has 1 heterocycles. The smallest absolute Gasteiger partial charge is 0.216 e. The van der Waals surface area contributed by atoms with Crippen molar-refractivity contribution in [3.8, 4) is 5.75 Å². The lowest BCUT2D eigenvalue weighted by molar-refractivity contribution is -0.118. The number of nitrogens with one attached hydrogen (secondary N) is 1. The van der Waals surface area contributed by atoms with Crippen molar-refractivity contribution in [2.24, 2.45) is 0 Å². The summed E-state index contributed by atoms with van der Waals surface area (Å²) in [7, 11) is 0. The molecule has 1 N–H and O–H groups in total. The Labute approximate surface area is 114 Å². The van der Waals surface area contributed by atoms with E-state index in [2.05, 4.69) is 21.2 Å². The lowest BCUT2D eigenvalue weighted by atomic mass is 10.0. The van der Waals surface area contributed by atoms with E-state index in [0.717, 1.165) is 34.9 Å². The van der Waals surface area contributed by atoms with E-state index in [1.54, 1.807) is 0 Å². The molecule has 0 aliphatic carbocycles. The van der Waals surface area contributed by atoms with Gasteiger partial charge in [-0.3, -0.25) is 4.79 Å². The molecule has 5 heteroatoms. The van der Waals surface area contributed by atoms with Gasteiger partial charge in [-0.1, -0.05) is 15.9 Å². The van der Waals surface area contributed by atoms with Gasteiger partial charge in [-0.2, -0.15) is 0 Å². The molecule has 2 rings (SSSR count). The molecule has 0 unspecified atom stereocenters. The predicted molar refractivity (Wildman–Crippen MR) is 70.3 cm³/mol. The summed E-state index contributed by atoms with van der Waals surface area (Å²) in [6, 6.07) is 1.46. The molecule has 0 bridgehead atoms. The van der Waals surface area contributed by atoms with Crippen molar-refractivity contribution in [3.63, 3.8) is 0 Å². The quantitative estimate of drug-likeness (QED) is 0.867. The zero-order chi connectivity index (χ0) is 13.1. The zero-order valence-electron chi connectivity index (χ0n) is 10.2. The van der Waals surface area contributed by atoms with Crippen LogP contribution in [0.4, 0.5) is 4.39 Å². The highest BCUT2D eigenvalue weighted by molar-refractivity contribution is 9.10. The number of carbonyl (C=O) groups excluding carboxylic acids is 1. The first-order valence-electron chi connectivity index (χ1n) is 5.96. The molecule has 1 aromatic carbocycles. The molecule has 0 saturated heterocycles. The van der Waals surface area contributed by atoms with E-state index in [9.17, 15) is 9.18 Å². The SMILES string of the molecule is CC(=O)NCCCc1c(Br)cc(F)c2c1CCO2. The van der Waals surface area contributed by atoms with Gasteiger partial charge in [-0.05, 0) is 24.5 Å². The summed E-state index contributed by atoms with van der Waals surface area (Å²) >= 11 is 3.40. The van der Waals surface area contributed by atoms with E-state index in [-0.39, 0.29) is 11.7 Å². The summed E-state index contributed by atoms with van der Waals surface area (Å²) in [6.45, 7) is 2.68. The van der Waals surface area contributed by atoms with Crippen LogP contribution in [0.1, 0.15) is 24.5 Å². The Morgan fingerprint density at radius 3 is 3.11 bits per heavy atom. The van der Waals surface area contributed by atoms with Crippen molar-refractivity contribution in [1.82, 2.24) is 5.32 Å². The second-order valence-corrected chi connectivity index (χ2v) is 5.17. The van der Waals surface area contributed by atoms with E-state index in [4.69, 9.17) is 4.74 Å². The van der Waals surface area contributed by atoms with Crippen molar-refractivity contribution >= 4 is 21.8 Å². The second-order valence-electron chi connectivity index (χ2n) is 4.31. The van der Waals surface area contributed by atoms with Gasteiger partial charge < -0.3 is 10.1 Å². The summed E-state index contributed by atoms with van der Waals surface area (Å²) in [4.78, 5) is 10.8. The average molecular weight is 316 g/mol. The molecule has 0 aromatic heterocycles. The minimum Gasteiger partial charge on any atom is -0.490 e.